The van der Waals surface area contributed by atoms with Crippen molar-refractivity contribution >= 4 is 0 Å². The maximum Gasteiger partial charge on any atom is 0.120 e. The largest absolute Gasteiger partial charge is 0.486 e. The zero-order valence-electron chi connectivity index (χ0n) is 9.73. The maximum absolute atomic E-state index is 5.86. The van der Waals surface area contributed by atoms with E-state index in [1.165, 1.54) is 12.8 Å². The topological polar surface area (TPSA) is 35.2 Å². The van der Waals surface area contributed by atoms with Gasteiger partial charge >= 0.3 is 0 Å². The molecule has 16 heavy (non-hydrogen) atoms. The second-order valence-corrected chi connectivity index (χ2v) is 4.37. The minimum atomic E-state index is 0.0867. The standard InChI is InChI=1S/C14H19NO/c1-11(15)12-7-9-14(10-8-12)16-13-5-3-2-4-6-13/h3,5,7-11,13H,2,4,6,15H2,1H3/t11-,13?/m1/s1. The van der Waals surface area contributed by atoms with Crippen LogP contribution in [0, 0.1) is 0 Å². The van der Waals surface area contributed by atoms with Crippen LogP contribution < -0.4 is 10.5 Å². The first kappa shape index (κ1) is 11.2. The van der Waals surface area contributed by atoms with Gasteiger partial charge in [0.1, 0.15) is 11.9 Å². The first-order valence-electron chi connectivity index (χ1n) is 5.94. The van der Waals surface area contributed by atoms with Crippen molar-refractivity contribution in [2.24, 2.45) is 5.73 Å². The minimum Gasteiger partial charge on any atom is -0.486 e. The molecule has 1 aliphatic rings. The van der Waals surface area contributed by atoms with Gasteiger partial charge in [-0.05, 0) is 50.0 Å². The quantitative estimate of drug-likeness (QED) is 0.789. The summed E-state index contributed by atoms with van der Waals surface area (Å²) in [6.07, 6.45) is 8.12. The van der Waals surface area contributed by atoms with Crippen molar-refractivity contribution in [1.29, 1.82) is 0 Å². The Labute approximate surface area is 97.1 Å². The molecule has 1 aliphatic carbocycles. The van der Waals surface area contributed by atoms with Crippen molar-refractivity contribution in [3.8, 4) is 5.75 Å². The van der Waals surface area contributed by atoms with E-state index in [2.05, 4.69) is 12.2 Å². The Bertz CT molecular complexity index is 354. The monoisotopic (exact) mass is 217 g/mol. The average molecular weight is 217 g/mol. The maximum atomic E-state index is 5.86. The molecule has 0 saturated heterocycles. The van der Waals surface area contributed by atoms with Gasteiger partial charge in [0.2, 0.25) is 0 Å². The fraction of sp³-hybridized carbons (Fsp3) is 0.429. The molecule has 2 nitrogen and oxygen atoms in total. The molecule has 2 heteroatoms. The van der Waals surface area contributed by atoms with Crippen molar-refractivity contribution in [2.75, 3.05) is 0 Å². The van der Waals surface area contributed by atoms with Crippen LogP contribution in [0.3, 0.4) is 0 Å². The lowest BCUT2D eigenvalue weighted by Gasteiger charge is -2.18. The molecule has 0 aliphatic heterocycles. The van der Waals surface area contributed by atoms with Crippen LogP contribution in [-0.2, 0) is 0 Å². The van der Waals surface area contributed by atoms with Gasteiger partial charge in [0.05, 0.1) is 0 Å². The van der Waals surface area contributed by atoms with Crippen LogP contribution in [0.1, 0.15) is 37.8 Å². The summed E-state index contributed by atoms with van der Waals surface area (Å²) in [5, 5.41) is 0. The number of hydrogen-bond donors (Lipinski definition) is 1. The molecule has 2 N–H and O–H groups in total. The predicted molar refractivity (Wildman–Crippen MR) is 66.5 cm³/mol. The third kappa shape index (κ3) is 2.86. The van der Waals surface area contributed by atoms with Gasteiger partial charge in [-0.25, -0.2) is 0 Å². The van der Waals surface area contributed by atoms with Gasteiger partial charge in [-0.3, -0.25) is 0 Å². The lowest BCUT2D eigenvalue weighted by Crippen LogP contribution is -2.15. The highest BCUT2D eigenvalue weighted by Gasteiger charge is 2.09. The summed E-state index contributed by atoms with van der Waals surface area (Å²) < 4.78 is 5.86. The summed E-state index contributed by atoms with van der Waals surface area (Å²) in [6, 6.07) is 8.16. The number of rotatable bonds is 3. The predicted octanol–water partition coefficient (Wildman–Crippen LogP) is 3.19. The zero-order valence-corrected chi connectivity index (χ0v) is 9.73. The van der Waals surface area contributed by atoms with E-state index in [1.54, 1.807) is 0 Å². The average Bonchev–Trinajstić information content (AvgIpc) is 2.31. The van der Waals surface area contributed by atoms with Crippen molar-refractivity contribution in [3.63, 3.8) is 0 Å². The van der Waals surface area contributed by atoms with Crippen LogP contribution in [0.15, 0.2) is 36.4 Å². The highest BCUT2D eigenvalue weighted by molar-refractivity contribution is 5.29. The third-order valence-corrected chi connectivity index (χ3v) is 2.90. The lowest BCUT2D eigenvalue weighted by atomic mass is 10.1. The molecular weight excluding hydrogens is 198 g/mol. The second kappa shape index (κ2) is 5.17. The van der Waals surface area contributed by atoms with E-state index < -0.39 is 0 Å². The molecule has 2 rings (SSSR count). The number of hydrogen-bond acceptors (Lipinski definition) is 2. The molecule has 2 atom stereocenters. The van der Waals surface area contributed by atoms with Crippen molar-refractivity contribution in [2.45, 2.75) is 38.3 Å². The molecule has 1 aromatic rings. The van der Waals surface area contributed by atoms with Crippen molar-refractivity contribution in [3.05, 3.63) is 42.0 Å². The van der Waals surface area contributed by atoms with Gasteiger partial charge in [0, 0.05) is 6.04 Å². The zero-order chi connectivity index (χ0) is 11.4. The fourth-order valence-corrected chi connectivity index (χ4v) is 1.90. The van der Waals surface area contributed by atoms with E-state index in [4.69, 9.17) is 10.5 Å². The summed E-state index contributed by atoms with van der Waals surface area (Å²) in [5.74, 6) is 0.931. The Morgan fingerprint density at radius 1 is 1.31 bits per heavy atom. The molecule has 86 valence electrons. The van der Waals surface area contributed by atoms with Crippen LogP contribution in [0.4, 0.5) is 0 Å². The molecule has 0 amide bonds. The van der Waals surface area contributed by atoms with E-state index in [0.717, 1.165) is 17.7 Å². The Morgan fingerprint density at radius 2 is 2.06 bits per heavy atom. The second-order valence-electron chi connectivity index (χ2n) is 4.37. The van der Waals surface area contributed by atoms with Crippen LogP contribution in [0.2, 0.25) is 0 Å². The number of benzene rings is 1. The van der Waals surface area contributed by atoms with E-state index in [9.17, 15) is 0 Å². The Balaban J connectivity index is 1.99. The molecule has 0 spiro atoms. The summed E-state index contributed by atoms with van der Waals surface area (Å²) >= 11 is 0. The lowest BCUT2D eigenvalue weighted by molar-refractivity contribution is 0.230. The Hall–Kier alpha value is -1.28. The van der Waals surface area contributed by atoms with Crippen LogP contribution in [-0.4, -0.2) is 6.10 Å². The molecular formula is C14H19NO. The van der Waals surface area contributed by atoms with Gasteiger partial charge in [-0.15, -0.1) is 0 Å². The number of allylic oxidation sites excluding steroid dienone is 1. The van der Waals surface area contributed by atoms with Gasteiger partial charge < -0.3 is 10.5 Å². The molecule has 0 bridgehead atoms. The van der Waals surface area contributed by atoms with E-state index in [-0.39, 0.29) is 12.1 Å². The highest BCUT2D eigenvalue weighted by atomic mass is 16.5. The van der Waals surface area contributed by atoms with E-state index in [1.807, 2.05) is 31.2 Å². The normalized spacial score (nSPS) is 21.8. The van der Waals surface area contributed by atoms with Crippen LogP contribution in [0.25, 0.3) is 0 Å². The molecule has 0 aromatic heterocycles. The molecule has 0 saturated carbocycles. The van der Waals surface area contributed by atoms with Gasteiger partial charge in [0.25, 0.3) is 0 Å². The molecule has 0 heterocycles. The summed E-state index contributed by atoms with van der Waals surface area (Å²) in [6.45, 7) is 1.99. The van der Waals surface area contributed by atoms with Crippen LogP contribution in [0.5, 0.6) is 5.75 Å². The van der Waals surface area contributed by atoms with Crippen molar-refractivity contribution < 1.29 is 4.74 Å². The smallest absolute Gasteiger partial charge is 0.120 e. The number of nitrogens with two attached hydrogens (primary N) is 1. The first-order chi connectivity index (χ1) is 7.75. The van der Waals surface area contributed by atoms with E-state index in [0.29, 0.717) is 0 Å². The molecule has 0 radical (unpaired) electrons. The van der Waals surface area contributed by atoms with Crippen LogP contribution >= 0.6 is 0 Å². The Morgan fingerprint density at radius 3 is 2.62 bits per heavy atom. The molecule has 1 unspecified atom stereocenters. The van der Waals surface area contributed by atoms with E-state index >= 15 is 0 Å². The molecule has 0 fully saturated rings. The summed E-state index contributed by atoms with van der Waals surface area (Å²) in [5.41, 5.74) is 6.94. The minimum absolute atomic E-state index is 0.0867. The molecule has 1 aromatic carbocycles. The fourth-order valence-electron chi connectivity index (χ4n) is 1.90. The van der Waals surface area contributed by atoms with Crippen molar-refractivity contribution in [1.82, 2.24) is 0 Å². The highest BCUT2D eigenvalue weighted by Crippen LogP contribution is 2.20. The third-order valence-electron chi connectivity index (χ3n) is 2.90. The Kier molecular flexibility index (Phi) is 3.62. The van der Waals surface area contributed by atoms with Gasteiger partial charge in [-0.1, -0.05) is 18.2 Å². The van der Waals surface area contributed by atoms with Gasteiger partial charge in [-0.2, -0.15) is 0 Å². The SMILES string of the molecule is C[C@@H](N)c1ccc(OC2C=CCCC2)cc1. The van der Waals surface area contributed by atoms with Gasteiger partial charge in [0.15, 0.2) is 0 Å². The number of ether oxygens (including phenoxy) is 1. The first-order valence-corrected chi connectivity index (χ1v) is 5.94. The summed E-state index contributed by atoms with van der Waals surface area (Å²) in [7, 11) is 0. The summed E-state index contributed by atoms with van der Waals surface area (Å²) in [4.78, 5) is 0.